The first-order chi connectivity index (χ1) is 10.3. The lowest BCUT2D eigenvalue weighted by Crippen LogP contribution is -2.29. The van der Waals surface area contributed by atoms with Crippen molar-refractivity contribution in [3.63, 3.8) is 0 Å². The van der Waals surface area contributed by atoms with E-state index in [0.717, 1.165) is 27.7 Å². The molecule has 0 radical (unpaired) electrons. The van der Waals surface area contributed by atoms with Gasteiger partial charge in [0.1, 0.15) is 0 Å². The maximum Gasteiger partial charge on any atom is 0.0641 e. The molecule has 0 spiro atoms. The molecule has 4 heteroatoms. The van der Waals surface area contributed by atoms with Crippen molar-refractivity contribution >= 4 is 28.9 Å². The Hall–Kier alpha value is -1.51. The number of halogens is 2. The van der Waals surface area contributed by atoms with Gasteiger partial charge in [-0.1, -0.05) is 41.4 Å². The molecule has 1 aromatic carbocycles. The van der Waals surface area contributed by atoms with E-state index in [1.807, 2.05) is 24.4 Å². The second-order valence-corrected chi connectivity index (χ2v) is 6.39. The summed E-state index contributed by atoms with van der Waals surface area (Å²) >= 11 is 12.8. The number of nitrogens with zero attached hydrogens (tertiary/aromatic N) is 1. The molecule has 3 unspecified atom stereocenters. The first-order valence-electron chi connectivity index (χ1n) is 7.06. The molecule has 0 bridgehead atoms. The SMILES string of the molecule is Clc1ccc(Cl)c2c1NC(c1cccnc1)C1CC=CC21. The summed E-state index contributed by atoms with van der Waals surface area (Å²) in [5.41, 5.74) is 3.28. The van der Waals surface area contributed by atoms with Crippen LogP contribution in [0.4, 0.5) is 5.69 Å². The Morgan fingerprint density at radius 1 is 1.14 bits per heavy atom. The molecule has 0 saturated carbocycles. The fourth-order valence-corrected chi connectivity index (χ4v) is 4.02. The number of nitrogens with one attached hydrogen (secondary N) is 1. The molecule has 1 aromatic heterocycles. The van der Waals surface area contributed by atoms with Gasteiger partial charge in [-0.3, -0.25) is 4.98 Å². The van der Waals surface area contributed by atoms with Crippen LogP contribution in [-0.2, 0) is 0 Å². The van der Waals surface area contributed by atoms with Crippen LogP contribution in [0.15, 0.2) is 48.8 Å². The summed E-state index contributed by atoms with van der Waals surface area (Å²) in [5, 5.41) is 5.11. The lowest BCUT2D eigenvalue weighted by Gasteiger charge is -2.38. The highest BCUT2D eigenvalue weighted by Crippen LogP contribution is 2.53. The normalized spacial score (nSPS) is 26.1. The number of fused-ring (bicyclic) bond motifs is 3. The van der Waals surface area contributed by atoms with Crippen molar-refractivity contribution in [3.8, 4) is 0 Å². The number of hydrogen-bond acceptors (Lipinski definition) is 2. The molecule has 0 fully saturated rings. The van der Waals surface area contributed by atoms with Gasteiger partial charge in [0.25, 0.3) is 0 Å². The summed E-state index contributed by atoms with van der Waals surface area (Å²) in [6.45, 7) is 0. The summed E-state index contributed by atoms with van der Waals surface area (Å²) in [4.78, 5) is 4.25. The van der Waals surface area contributed by atoms with E-state index in [4.69, 9.17) is 23.2 Å². The predicted molar refractivity (Wildman–Crippen MR) is 87.1 cm³/mol. The van der Waals surface area contributed by atoms with Gasteiger partial charge in [0.15, 0.2) is 0 Å². The molecule has 1 N–H and O–H groups in total. The number of allylic oxidation sites excluding steroid dienone is 2. The fraction of sp³-hybridized carbons (Fsp3) is 0.235. The number of pyridine rings is 1. The van der Waals surface area contributed by atoms with Crippen LogP contribution in [0, 0.1) is 5.92 Å². The van der Waals surface area contributed by atoms with Crippen LogP contribution >= 0.6 is 23.2 Å². The lowest BCUT2D eigenvalue weighted by atomic mass is 9.77. The Morgan fingerprint density at radius 2 is 2.00 bits per heavy atom. The Kier molecular flexibility index (Phi) is 3.16. The number of aromatic nitrogens is 1. The standard InChI is InChI=1S/C17H14Cl2N2/c18-13-6-7-14(19)17-15(13)11-4-1-5-12(11)16(21-17)10-3-2-8-20-9-10/h1-4,6-9,11-12,16,21H,5H2. The molecular weight excluding hydrogens is 303 g/mol. The fourth-order valence-electron chi connectivity index (χ4n) is 3.52. The molecule has 1 aliphatic carbocycles. The van der Waals surface area contributed by atoms with Gasteiger partial charge < -0.3 is 5.32 Å². The van der Waals surface area contributed by atoms with Gasteiger partial charge in [-0.25, -0.2) is 0 Å². The predicted octanol–water partition coefficient (Wildman–Crippen LogP) is 5.21. The summed E-state index contributed by atoms with van der Waals surface area (Å²) in [6.07, 6.45) is 9.27. The van der Waals surface area contributed by atoms with Gasteiger partial charge in [-0.05, 0) is 36.1 Å². The topological polar surface area (TPSA) is 24.9 Å². The maximum absolute atomic E-state index is 6.43. The summed E-state index contributed by atoms with van der Waals surface area (Å²) in [5.74, 6) is 0.773. The highest BCUT2D eigenvalue weighted by atomic mass is 35.5. The molecular formula is C17H14Cl2N2. The molecule has 0 amide bonds. The van der Waals surface area contributed by atoms with Gasteiger partial charge in [0, 0.05) is 28.9 Å². The van der Waals surface area contributed by atoms with Crippen LogP contribution in [-0.4, -0.2) is 4.98 Å². The zero-order chi connectivity index (χ0) is 14.4. The molecule has 2 aliphatic rings. The van der Waals surface area contributed by atoms with E-state index in [1.54, 1.807) is 6.20 Å². The number of benzene rings is 1. The van der Waals surface area contributed by atoms with E-state index in [2.05, 4.69) is 28.5 Å². The van der Waals surface area contributed by atoms with E-state index in [1.165, 1.54) is 5.56 Å². The Labute approximate surface area is 133 Å². The molecule has 21 heavy (non-hydrogen) atoms. The molecule has 2 nitrogen and oxygen atoms in total. The van der Waals surface area contributed by atoms with E-state index < -0.39 is 0 Å². The largest absolute Gasteiger partial charge is 0.376 e. The summed E-state index contributed by atoms with van der Waals surface area (Å²) in [7, 11) is 0. The van der Waals surface area contributed by atoms with Crippen LogP contribution in [0.2, 0.25) is 10.0 Å². The van der Waals surface area contributed by atoms with Gasteiger partial charge in [-0.2, -0.15) is 0 Å². The van der Waals surface area contributed by atoms with Crippen LogP contribution in [0.25, 0.3) is 0 Å². The third kappa shape index (κ3) is 2.05. The molecule has 0 saturated heterocycles. The van der Waals surface area contributed by atoms with Crippen molar-refractivity contribution in [3.05, 3.63) is 70.0 Å². The lowest BCUT2D eigenvalue weighted by molar-refractivity contribution is 0.425. The van der Waals surface area contributed by atoms with Crippen molar-refractivity contribution in [2.75, 3.05) is 5.32 Å². The Bertz CT molecular complexity index is 712. The molecule has 2 aromatic rings. The molecule has 106 valence electrons. The third-order valence-electron chi connectivity index (χ3n) is 4.46. The van der Waals surface area contributed by atoms with E-state index >= 15 is 0 Å². The smallest absolute Gasteiger partial charge is 0.0641 e. The first-order valence-corrected chi connectivity index (χ1v) is 7.82. The summed E-state index contributed by atoms with van der Waals surface area (Å²) < 4.78 is 0. The minimum atomic E-state index is 0.210. The zero-order valence-electron chi connectivity index (χ0n) is 11.3. The number of anilines is 1. The Morgan fingerprint density at radius 3 is 2.81 bits per heavy atom. The monoisotopic (exact) mass is 316 g/mol. The minimum absolute atomic E-state index is 0.210. The van der Waals surface area contributed by atoms with E-state index in [-0.39, 0.29) is 6.04 Å². The van der Waals surface area contributed by atoms with Gasteiger partial charge in [0.2, 0.25) is 0 Å². The van der Waals surface area contributed by atoms with Crippen molar-refractivity contribution < 1.29 is 0 Å². The van der Waals surface area contributed by atoms with Gasteiger partial charge >= 0.3 is 0 Å². The highest BCUT2D eigenvalue weighted by Gasteiger charge is 2.39. The third-order valence-corrected chi connectivity index (χ3v) is 5.10. The average Bonchev–Trinajstić information content (AvgIpc) is 3.00. The van der Waals surface area contributed by atoms with Crippen LogP contribution < -0.4 is 5.32 Å². The van der Waals surface area contributed by atoms with Crippen LogP contribution in [0.1, 0.15) is 29.5 Å². The molecule has 1 aliphatic heterocycles. The van der Waals surface area contributed by atoms with Gasteiger partial charge in [-0.15, -0.1) is 0 Å². The van der Waals surface area contributed by atoms with Crippen molar-refractivity contribution in [1.82, 2.24) is 4.98 Å². The molecule has 2 heterocycles. The van der Waals surface area contributed by atoms with Crippen LogP contribution in [0.3, 0.4) is 0 Å². The van der Waals surface area contributed by atoms with E-state index in [9.17, 15) is 0 Å². The second-order valence-electron chi connectivity index (χ2n) is 5.58. The quantitative estimate of drug-likeness (QED) is 0.730. The van der Waals surface area contributed by atoms with Crippen LogP contribution in [0.5, 0.6) is 0 Å². The first kappa shape index (κ1) is 13.2. The van der Waals surface area contributed by atoms with E-state index in [0.29, 0.717) is 11.8 Å². The maximum atomic E-state index is 6.43. The zero-order valence-corrected chi connectivity index (χ0v) is 12.8. The highest BCUT2D eigenvalue weighted by molar-refractivity contribution is 6.36. The van der Waals surface area contributed by atoms with Crippen molar-refractivity contribution in [2.24, 2.45) is 5.92 Å². The average molecular weight is 317 g/mol. The molecule has 4 rings (SSSR count). The Balaban J connectivity index is 1.86. The van der Waals surface area contributed by atoms with Crippen molar-refractivity contribution in [1.29, 1.82) is 0 Å². The minimum Gasteiger partial charge on any atom is -0.376 e. The van der Waals surface area contributed by atoms with Gasteiger partial charge in [0.05, 0.1) is 16.8 Å². The summed E-state index contributed by atoms with van der Waals surface area (Å²) in [6, 6.07) is 8.04. The molecule has 3 atom stereocenters. The number of rotatable bonds is 1. The number of hydrogen-bond donors (Lipinski definition) is 1. The van der Waals surface area contributed by atoms with Crippen molar-refractivity contribution in [2.45, 2.75) is 18.4 Å². The second kappa shape index (κ2) is 5.04.